The van der Waals surface area contributed by atoms with Crippen LogP contribution in [-0.2, 0) is 16.0 Å². The number of aryl methyl sites for hydroxylation is 1. The van der Waals surface area contributed by atoms with Crippen molar-refractivity contribution in [3.63, 3.8) is 0 Å². The van der Waals surface area contributed by atoms with Gasteiger partial charge in [-0.3, -0.25) is 9.59 Å². The van der Waals surface area contributed by atoms with E-state index < -0.39 is 5.97 Å². The molecule has 0 saturated carbocycles. The summed E-state index contributed by atoms with van der Waals surface area (Å²) in [6.07, 6.45) is 1.68. The average Bonchev–Trinajstić information content (AvgIpc) is 2.81. The third-order valence-corrected chi connectivity index (χ3v) is 4.56. The third-order valence-electron chi connectivity index (χ3n) is 4.56. The lowest BCUT2D eigenvalue weighted by molar-refractivity contribution is -0.124. The minimum absolute atomic E-state index is 0.120. The number of carbonyl (C=O) groups is 3. The summed E-state index contributed by atoms with van der Waals surface area (Å²) in [5.74, 6) is -1.06. The van der Waals surface area contributed by atoms with E-state index in [1.807, 2.05) is 36.4 Å². The van der Waals surface area contributed by atoms with Gasteiger partial charge in [0, 0.05) is 17.7 Å². The molecule has 3 aromatic rings. The molecule has 0 fully saturated rings. The fraction of sp³-hybridized carbons (Fsp3) is 0.160. The van der Waals surface area contributed by atoms with Gasteiger partial charge in [0.25, 0.3) is 5.91 Å². The Morgan fingerprint density at radius 3 is 1.93 bits per heavy atom. The number of rotatable bonds is 9. The Bertz CT molecular complexity index is 983. The number of esters is 1. The molecule has 5 heteroatoms. The van der Waals surface area contributed by atoms with Crippen LogP contribution in [-0.4, -0.2) is 30.8 Å². The topological polar surface area (TPSA) is 72.5 Å². The summed E-state index contributed by atoms with van der Waals surface area (Å²) in [6, 6.07) is 25.1. The van der Waals surface area contributed by atoms with Crippen molar-refractivity contribution < 1.29 is 19.1 Å². The van der Waals surface area contributed by atoms with Crippen LogP contribution in [0.4, 0.5) is 0 Å². The van der Waals surface area contributed by atoms with Crippen LogP contribution in [0.15, 0.2) is 84.9 Å². The van der Waals surface area contributed by atoms with Crippen molar-refractivity contribution in [1.82, 2.24) is 5.32 Å². The SMILES string of the molecule is O=C(COC(=O)c1ccc(C(=O)c2ccccc2)cc1)NCCCc1ccccc1. The fourth-order valence-electron chi connectivity index (χ4n) is 2.94. The van der Waals surface area contributed by atoms with Crippen LogP contribution in [0.3, 0.4) is 0 Å². The largest absolute Gasteiger partial charge is 0.452 e. The van der Waals surface area contributed by atoms with E-state index in [-0.39, 0.29) is 23.9 Å². The Morgan fingerprint density at radius 2 is 1.27 bits per heavy atom. The lowest BCUT2D eigenvalue weighted by Crippen LogP contribution is -2.29. The molecule has 0 saturated heterocycles. The first-order valence-corrected chi connectivity index (χ1v) is 9.81. The second kappa shape index (κ2) is 10.7. The second-order valence-electron chi connectivity index (χ2n) is 6.79. The van der Waals surface area contributed by atoms with Crippen LogP contribution in [0, 0.1) is 0 Å². The molecular weight excluding hydrogens is 378 g/mol. The van der Waals surface area contributed by atoms with Crippen molar-refractivity contribution in [3.8, 4) is 0 Å². The highest BCUT2D eigenvalue weighted by Crippen LogP contribution is 2.12. The Morgan fingerprint density at radius 1 is 0.700 bits per heavy atom. The number of nitrogens with one attached hydrogen (secondary N) is 1. The first-order chi connectivity index (χ1) is 14.6. The van der Waals surface area contributed by atoms with Gasteiger partial charge in [-0.1, -0.05) is 72.8 Å². The standard InChI is InChI=1S/C25H23NO4/c27-23(26-17-7-10-19-8-3-1-4-9-19)18-30-25(29)22-15-13-21(14-16-22)24(28)20-11-5-2-6-12-20/h1-6,8-9,11-16H,7,10,17-18H2,(H,26,27). The molecule has 0 aromatic heterocycles. The maximum Gasteiger partial charge on any atom is 0.338 e. The molecule has 0 spiro atoms. The molecule has 0 aliphatic rings. The molecule has 1 amide bonds. The molecule has 3 aromatic carbocycles. The average molecular weight is 401 g/mol. The highest BCUT2D eigenvalue weighted by Gasteiger charge is 2.12. The summed E-state index contributed by atoms with van der Waals surface area (Å²) in [6.45, 7) is 0.177. The van der Waals surface area contributed by atoms with Gasteiger partial charge in [-0.2, -0.15) is 0 Å². The highest BCUT2D eigenvalue weighted by molar-refractivity contribution is 6.09. The quantitative estimate of drug-likeness (QED) is 0.336. The van der Waals surface area contributed by atoms with E-state index in [0.717, 1.165) is 12.8 Å². The molecule has 5 nitrogen and oxygen atoms in total. The summed E-state index contributed by atoms with van der Waals surface area (Å²) in [7, 11) is 0. The normalized spacial score (nSPS) is 10.3. The van der Waals surface area contributed by atoms with Crippen molar-refractivity contribution in [2.24, 2.45) is 0 Å². The number of amides is 1. The van der Waals surface area contributed by atoms with Gasteiger partial charge in [0.1, 0.15) is 0 Å². The highest BCUT2D eigenvalue weighted by atomic mass is 16.5. The number of carbonyl (C=O) groups excluding carboxylic acids is 3. The molecule has 0 aliphatic heterocycles. The maximum absolute atomic E-state index is 12.4. The first kappa shape index (κ1) is 21.0. The van der Waals surface area contributed by atoms with Crippen molar-refractivity contribution in [1.29, 1.82) is 0 Å². The van der Waals surface area contributed by atoms with Crippen molar-refractivity contribution in [3.05, 3.63) is 107 Å². The molecule has 0 atom stereocenters. The van der Waals surface area contributed by atoms with Crippen molar-refractivity contribution >= 4 is 17.7 Å². The molecular formula is C25H23NO4. The molecule has 0 unspecified atom stereocenters. The van der Waals surface area contributed by atoms with Gasteiger partial charge in [0.05, 0.1) is 5.56 Å². The smallest absolute Gasteiger partial charge is 0.338 e. The van der Waals surface area contributed by atoms with Gasteiger partial charge >= 0.3 is 5.97 Å². The molecule has 152 valence electrons. The lowest BCUT2D eigenvalue weighted by Gasteiger charge is -2.07. The van der Waals surface area contributed by atoms with Crippen LogP contribution in [0.5, 0.6) is 0 Å². The van der Waals surface area contributed by atoms with E-state index >= 15 is 0 Å². The minimum Gasteiger partial charge on any atom is -0.452 e. The lowest BCUT2D eigenvalue weighted by atomic mass is 10.0. The maximum atomic E-state index is 12.4. The fourth-order valence-corrected chi connectivity index (χ4v) is 2.94. The van der Waals surface area contributed by atoms with Gasteiger partial charge in [0.2, 0.25) is 0 Å². The summed E-state index contributed by atoms with van der Waals surface area (Å²) in [5, 5.41) is 2.74. The van der Waals surface area contributed by atoms with E-state index in [4.69, 9.17) is 4.74 Å². The molecule has 0 heterocycles. The first-order valence-electron chi connectivity index (χ1n) is 9.81. The Labute approximate surface area is 175 Å². The number of ketones is 1. The number of ether oxygens (including phenoxy) is 1. The van der Waals surface area contributed by atoms with Crippen molar-refractivity contribution in [2.45, 2.75) is 12.8 Å². The van der Waals surface area contributed by atoms with E-state index in [2.05, 4.69) is 5.32 Å². The van der Waals surface area contributed by atoms with Gasteiger partial charge in [-0.05, 0) is 30.5 Å². The zero-order valence-corrected chi connectivity index (χ0v) is 16.5. The summed E-state index contributed by atoms with van der Waals surface area (Å²) in [4.78, 5) is 36.4. The van der Waals surface area contributed by atoms with E-state index in [1.54, 1.807) is 36.4 Å². The predicted octanol–water partition coefficient (Wildman–Crippen LogP) is 3.82. The van der Waals surface area contributed by atoms with Gasteiger partial charge in [-0.25, -0.2) is 4.79 Å². The van der Waals surface area contributed by atoms with E-state index in [9.17, 15) is 14.4 Å². The van der Waals surface area contributed by atoms with E-state index in [0.29, 0.717) is 17.7 Å². The number of benzene rings is 3. The third kappa shape index (κ3) is 6.14. The van der Waals surface area contributed by atoms with Crippen LogP contribution in [0.25, 0.3) is 0 Å². The molecule has 1 N–H and O–H groups in total. The van der Waals surface area contributed by atoms with Crippen LogP contribution in [0.1, 0.15) is 38.3 Å². The summed E-state index contributed by atoms with van der Waals surface area (Å²) < 4.78 is 5.05. The minimum atomic E-state index is -0.604. The van der Waals surface area contributed by atoms with Gasteiger partial charge < -0.3 is 10.1 Å². The van der Waals surface area contributed by atoms with E-state index in [1.165, 1.54) is 17.7 Å². The van der Waals surface area contributed by atoms with Crippen LogP contribution < -0.4 is 5.32 Å². The predicted molar refractivity (Wildman–Crippen MR) is 114 cm³/mol. The molecule has 30 heavy (non-hydrogen) atoms. The monoisotopic (exact) mass is 401 g/mol. The molecule has 3 rings (SSSR count). The number of hydrogen-bond donors (Lipinski definition) is 1. The summed E-state index contributed by atoms with van der Waals surface area (Å²) in [5.41, 5.74) is 2.56. The zero-order valence-electron chi connectivity index (χ0n) is 16.5. The molecule has 0 bridgehead atoms. The molecule has 0 radical (unpaired) electrons. The number of hydrogen-bond acceptors (Lipinski definition) is 4. The zero-order chi connectivity index (χ0) is 21.2. The Balaban J connectivity index is 1.41. The summed E-state index contributed by atoms with van der Waals surface area (Å²) >= 11 is 0. The van der Waals surface area contributed by atoms with Gasteiger partial charge in [0.15, 0.2) is 12.4 Å². The Hall–Kier alpha value is -3.73. The Kier molecular flexibility index (Phi) is 7.50. The van der Waals surface area contributed by atoms with Crippen LogP contribution >= 0.6 is 0 Å². The molecule has 0 aliphatic carbocycles. The second-order valence-corrected chi connectivity index (χ2v) is 6.79. The van der Waals surface area contributed by atoms with Crippen LogP contribution in [0.2, 0.25) is 0 Å². The van der Waals surface area contributed by atoms with Gasteiger partial charge in [-0.15, -0.1) is 0 Å². The van der Waals surface area contributed by atoms with Crippen molar-refractivity contribution in [2.75, 3.05) is 13.2 Å².